The molecule has 66 valence electrons. The van der Waals surface area contributed by atoms with Gasteiger partial charge < -0.3 is 9.13 Å². The smallest absolute Gasteiger partial charge is 0.214 e. The zero-order valence-electron chi connectivity index (χ0n) is 8.17. The fourth-order valence-corrected chi connectivity index (χ4v) is 3.41. The number of nitrogens with zero attached hydrogens (tertiary/aromatic N) is 2. The van der Waals surface area contributed by atoms with Crippen molar-refractivity contribution in [3.63, 3.8) is 0 Å². The maximum absolute atomic E-state index is 3.88. The molecule has 2 nitrogen and oxygen atoms in total. The Balaban J connectivity index is 4.08. The summed E-state index contributed by atoms with van der Waals surface area (Å²) >= 11 is 0. The Morgan fingerprint density at radius 1 is 1.27 bits per heavy atom. The summed E-state index contributed by atoms with van der Waals surface area (Å²) in [7, 11) is 3.30. The lowest BCUT2D eigenvalue weighted by atomic mass is 10.7. The summed E-state index contributed by atoms with van der Waals surface area (Å²) in [4.78, 5) is 0. The van der Waals surface area contributed by atoms with E-state index >= 15 is 0 Å². The quantitative estimate of drug-likeness (QED) is 0.567. The molecule has 11 heavy (non-hydrogen) atoms. The van der Waals surface area contributed by atoms with Crippen molar-refractivity contribution in [3.8, 4) is 0 Å². The Bertz CT molecular complexity index is 111. The summed E-state index contributed by atoms with van der Waals surface area (Å²) in [6.45, 7) is 10.6. The van der Waals surface area contributed by atoms with Crippen molar-refractivity contribution in [2.75, 3.05) is 27.2 Å². The molecule has 0 saturated heterocycles. The van der Waals surface area contributed by atoms with E-state index < -0.39 is 9.12 Å². The van der Waals surface area contributed by atoms with Crippen LogP contribution in [0.4, 0.5) is 0 Å². The van der Waals surface area contributed by atoms with Gasteiger partial charge in [-0.05, 0) is 27.2 Å². The van der Waals surface area contributed by atoms with E-state index in [4.69, 9.17) is 0 Å². The van der Waals surface area contributed by atoms with Crippen LogP contribution < -0.4 is 0 Å². The van der Waals surface area contributed by atoms with Gasteiger partial charge in [-0.1, -0.05) is 19.5 Å². The number of hydrogen-bond donors (Lipinski definition) is 0. The molecular formula is C8H20N2Si. The van der Waals surface area contributed by atoms with Crippen LogP contribution in [0.15, 0.2) is 12.3 Å². The molecule has 0 saturated carbocycles. The van der Waals surface area contributed by atoms with E-state index in [9.17, 15) is 0 Å². The maximum atomic E-state index is 3.88. The van der Waals surface area contributed by atoms with E-state index in [1.807, 2.05) is 0 Å². The Hall–Kier alpha value is -0.123. The average molecular weight is 172 g/mol. The van der Waals surface area contributed by atoms with Crippen molar-refractivity contribution in [2.45, 2.75) is 13.8 Å². The molecule has 1 atom stereocenters. The first kappa shape index (κ1) is 10.9. The highest BCUT2D eigenvalue weighted by Crippen LogP contribution is 1.97. The Morgan fingerprint density at radius 3 is 1.82 bits per heavy atom. The zero-order valence-corrected chi connectivity index (χ0v) is 9.33. The topological polar surface area (TPSA) is 6.48 Å². The summed E-state index contributed by atoms with van der Waals surface area (Å²) in [6, 6.07) is 0. The molecule has 0 rings (SSSR count). The maximum Gasteiger partial charge on any atom is 0.214 e. The van der Waals surface area contributed by atoms with Gasteiger partial charge >= 0.3 is 0 Å². The predicted octanol–water partition coefficient (Wildman–Crippen LogP) is 0.835. The highest BCUT2D eigenvalue weighted by atomic mass is 28.3. The molecule has 0 spiro atoms. The van der Waals surface area contributed by atoms with E-state index in [1.165, 1.54) is 0 Å². The van der Waals surface area contributed by atoms with Gasteiger partial charge in [-0.2, -0.15) is 0 Å². The van der Waals surface area contributed by atoms with E-state index in [2.05, 4.69) is 49.4 Å². The number of rotatable bonds is 5. The van der Waals surface area contributed by atoms with Crippen LogP contribution in [-0.2, 0) is 0 Å². The van der Waals surface area contributed by atoms with Crippen LogP contribution in [0.5, 0.6) is 0 Å². The van der Waals surface area contributed by atoms with Crippen LogP contribution in [0.1, 0.15) is 13.8 Å². The molecule has 0 aliphatic carbocycles. The average Bonchev–Trinajstić information content (AvgIpc) is 1.99. The first-order valence-corrected chi connectivity index (χ1v) is 5.90. The second kappa shape index (κ2) is 5.52. The second-order valence-electron chi connectivity index (χ2n) is 2.83. The van der Waals surface area contributed by atoms with Crippen molar-refractivity contribution in [2.24, 2.45) is 0 Å². The lowest BCUT2D eigenvalue weighted by Crippen LogP contribution is -2.48. The van der Waals surface area contributed by atoms with Crippen molar-refractivity contribution in [3.05, 3.63) is 12.3 Å². The normalized spacial score (nSPS) is 14.0. The highest BCUT2D eigenvalue weighted by molar-refractivity contribution is 6.58. The van der Waals surface area contributed by atoms with Crippen LogP contribution in [0, 0.1) is 0 Å². The van der Waals surface area contributed by atoms with E-state index in [0.29, 0.717) is 0 Å². The molecule has 0 radical (unpaired) electrons. The third kappa shape index (κ3) is 3.18. The largest absolute Gasteiger partial charge is 0.317 e. The van der Waals surface area contributed by atoms with Gasteiger partial charge in [-0.3, -0.25) is 0 Å². The van der Waals surface area contributed by atoms with Crippen LogP contribution in [0.25, 0.3) is 0 Å². The van der Waals surface area contributed by atoms with Gasteiger partial charge in [0.15, 0.2) is 0 Å². The summed E-state index contributed by atoms with van der Waals surface area (Å²) in [6.07, 6.45) is 0. The third-order valence-corrected chi connectivity index (χ3v) is 4.88. The minimum atomic E-state index is -0.971. The molecule has 3 heteroatoms. The third-order valence-electron chi connectivity index (χ3n) is 1.93. The van der Waals surface area contributed by atoms with Gasteiger partial charge in [0.2, 0.25) is 9.12 Å². The molecule has 0 heterocycles. The summed E-state index contributed by atoms with van der Waals surface area (Å²) in [5.41, 5.74) is 2.12. The standard InChI is InChI=1S/C8H20N2Si/c1-6-10(7-2)11(8-3)9(4)5/h8,11H,3,6-7H2,1-2,4-5H3. The molecule has 0 fully saturated rings. The van der Waals surface area contributed by atoms with Gasteiger partial charge in [-0.25, -0.2) is 0 Å². The van der Waals surface area contributed by atoms with Gasteiger partial charge in [0, 0.05) is 0 Å². The van der Waals surface area contributed by atoms with Gasteiger partial charge in [0.05, 0.1) is 0 Å². The fourth-order valence-electron chi connectivity index (χ4n) is 1.28. The molecule has 1 unspecified atom stereocenters. The molecule has 0 amide bonds. The van der Waals surface area contributed by atoms with Crippen LogP contribution in [0.2, 0.25) is 0 Å². The molecule has 0 aromatic rings. The van der Waals surface area contributed by atoms with E-state index in [0.717, 1.165) is 13.1 Å². The molecule has 0 bridgehead atoms. The van der Waals surface area contributed by atoms with Crippen molar-refractivity contribution in [1.82, 2.24) is 9.13 Å². The summed E-state index contributed by atoms with van der Waals surface area (Å²) in [5.74, 6) is 0. The van der Waals surface area contributed by atoms with Gasteiger partial charge in [0.25, 0.3) is 0 Å². The lowest BCUT2D eigenvalue weighted by Gasteiger charge is -2.30. The SMILES string of the molecule is C=C[SiH](N(C)C)N(CC)CC. The number of hydrogen-bond acceptors (Lipinski definition) is 2. The molecule has 0 aliphatic heterocycles. The minimum absolute atomic E-state index is 0.971. The van der Waals surface area contributed by atoms with Gasteiger partial charge in [0.1, 0.15) is 0 Å². The van der Waals surface area contributed by atoms with Crippen molar-refractivity contribution >= 4 is 9.12 Å². The Morgan fingerprint density at radius 2 is 1.73 bits per heavy atom. The Labute approximate surface area is 72.3 Å². The van der Waals surface area contributed by atoms with Crippen LogP contribution >= 0.6 is 0 Å². The fraction of sp³-hybridized carbons (Fsp3) is 0.750. The van der Waals surface area contributed by atoms with Crippen LogP contribution in [0.3, 0.4) is 0 Å². The predicted molar refractivity (Wildman–Crippen MR) is 54.0 cm³/mol. The molecule has 0 N–H and O–H groups in total. The van der Waals surface area contributed by atoms with E-state index in [-0.39, 0.29) is 0 Å². The molecule has 0 aromatic carbocycles. The summed E-state index contributed by atoms with van der Waals surface area (Å²) in [5, 5.41) is 0. The van der Waals surface area contributed by atoms with E-state index in [1.54, 1.807) is 0 Å². The van der Waals surface area contributed by atoms with Crippen LogP contribution in [-0.4, -0.2) is 45.4 Å². The molecular weight excluding hydrogens is 152 g/mol. The second-order valence-corrected chi connectivity index (χ2v) is 5.90. The van der Waals surface area contributed by atoms with Crippen molar-refractivity contribution < 1.29 is 0 Å². The first-order chi connectivity index (χ1) is 5.17. The first-order valence-electron chi connectivity index (χ1n) is 4.20. The Kier molecular flexibility index (Phi) is 5.46. The lowest BCUT2D eigenvalue weighted by molar-refractivity contribution is 0.433. The minimum Gasteiger partial charge on any atom is -0.317 e. The zero-order chi connectivity index (χ0) is 8.85. The summed E-state index contributed by atoms with van der Waals surface area (Å²) < 4.78 is 4.80. The molecule has 0 aliphatic rings. The molecule has 0 aromatic heterocycles. The monoisotopic (exact) mass is 172 g/mol. The highest BCUT2D eigenvalue weighted by Gasteiger charge is 2.15. The van der Waals surface area contributed by atoms with Crippen molar-refractivity contribution in [1.29, 1.82) is 0 Å². The van der Waals surface area contributed by atoms with Gasteiger partial charge in [-0.15, -0.1) is 6.58 Å².